The Kier molecular flexibility index (Phi) is 7.03. The summed E-state index contributed by atoms with van der Waals surface area (Å²) in [7, 11) is 0. The number of hydrogen-bond donors (Lipinski definition) is 1. The molecule has 3 aromatic rings. The summed E-state index contributed by atoms with van der Waals surface area (Å²) in [6, 6.07) is 29.0. The zero-order valence-corrected chi connectivity index (χ0v) is 18.3. The Morgan fingerprint density at radius 3 is 2.13 bits per heavy atom. The van der Waals surface area contributed by atoms with Crippen LogP contribution in [0.15, 0.2) is 84.9 Å². The zero-order valence-electron chi connectivity index (χ0n) is 18.3. The number of hydrogen-bond acceptors (Lipinski definition) is 2. The molecule has 1 fully saturated rings. The average molecular weight is 413 g/mol. The molecule has 1 amide bonds. The van der Waals surface area contributed by atoms with E-state index in [1.165, 1.54) is 30.4 Å². The Balaban J connectivity index is 1.71. The first-order valence-electron chi connectivity index (χ1n) is 11.4. The van der Waals surface area contributed by atoms with Gasteiger partial charge in [0.1, 0.15) is 6.04 Å². The number of nitrogens with one attached hydrogen (secondary N) is 1. The monoisotopic (exact) mass is 412 g/mol. The van der Waals surface area contributed by atoms with Crippen LogP contribution in [-0.4, -0.2) is 11.9 Å². The Labute approximate surface area is 186 Å². The van der Waals surface area contributed by atoms with E-state index in [9.17, 15) is 4.79 Å². The van der Waals surface area contributed by atoms with Gasteiger partial charge in [0, 0.05) is 18.3 Å². The molecule has 4 rings (SSSR count). The third-order valence-corrected chi connectivity index (χ3v) is 6.19. The van der Waals surface area contributed by atoms with Gasteiger partial charge in [0.05, 0.1) is 0 Å². The molecule has 0 bridgehead atoms. The molecule has 1 aliphatic rings. The van der Waals surface area contributed by atoms with Crippen LogP contribution in [0.25, 0.3) is 0 Å². The normalized spacial score (nSPS) is 15.3. The molecule has 3 heteroatoms. The number of rotatable bonds is 7. The fourth-order valence-electron chi connectivity index (χ4n) is 4.48. The van der Waals surface area contributed by atoms with Crippen molar-refractivity contribution in [1.29, 1.82) is 0 Å². The third-order valence-electron chi connectivity index (χ3n) is 6.19. The predicted molar refractivity (Wildman–Crippen MR) is 128 cm³/mol. The lowest BCUT2D eigenvalue weighted by molar-refractivity contribution is -0.123. The number of para-hydroxylation sites is 1. The van der Waals surface area contributed by atoms with Gasteiger partial charge in [0.15, 0.2) is 0 Å². The SMILES string of the molecule is Cc1ccc([C@@H](C(=O)NC2CCCCC2)N(Cc2ccccc2)c2ccccc2)cc1. The molecule has 1 N–H and O–H groups in total. The van der Waals surface area contributed by atoms with Crippen molar-refractivity contribution in [2.45, 2.75) is 57.7 Å². The molecular weight excluding hydrogens is 380 g/mol. The van der Waals surface area contributed by atoms with Gasteiger partial charge in [-0.2, -0.15) is 0 Å². The lowest BCUT2D eigenvalue weighted by Gasteiger charge is -2.35. The van der Waals surface area contributed by atoms with Crippen molar-refractivity contribution < 1.29 is 4.79 Å². The van der Waals surface area contributed by atoms with Crippen LogP contribution < -0.4 is 10.2 Å². The lowest BCUT2D eigenvalue weighted by Crippen LogP contribution is -2.45. The number of carbonyl (C=O) groups is 1. The van der Waals surface area contributed by atoms with Crippen LogP contribution in [0.5, 0.6) is 0 Å². The van der Waals surface area contributed by atoms with E-state index in [1.54, 1.807) is 0 Å². The van der Waals surface area contributed by atoms with Crippen LogP contribution in [0.2, 0.25) is 0 Å². The van der Waals surface area contributed by atoms with Crippen molar-refractivity contribution in [3.63, 3.8) is 0 Å². The molecule has 0 radical (unpaired) electrons. The molecule has 0 saturated heterocycles. The summed E-state index contributed by atoms with van der Waals surface area (Å²) in [6.07, 6.45) is 5.84. The van der Waals surface area contributed by atoms with Crippen LogP contribution in [0.3, 0.4) is 0 Å². The van der Waals surface area contributed by atoms with E-state index >= 15 is 0 Å². The lowest BCUT2D eigenvalue weighted by atomic mass is 9.94. The molecule has 160 valence electrons. The Morgan fingerprint density at radius 1 is 0.871 bits per heavy atom. The number of anilines is 1. The number of benzene rings is 3. The maximum absolute atomic E-state index is 13.7. The molecule has 1 aliphatic carbocycles. The molecule has 31 heavy (non-hydrogen) atoms. The first kappa shape index (κ1) is 21.2. The first-order chi connectivity index (χ1) is 15.2. The fraction of sp³-hybridized carbons (Fsp3) is 0.321. The van der Waals surface area contributed by atoms with E-state index in [-0.39, 0.29) is 18.0 Å². The molecule has 1 atom stereocenters. The average Bonchev–Trinajstić information content (AvgIpc) is 2.82. The minimum atomic E-state index is -0.384. The molecule has 3 nitrogen and oxygen atoms in total. The summed E-state index contributed by atoms with van der Waals surface area (Å²) in [4.78, 5) is 16.0. The molecule has 0 unspecified atom stereocenters. The minimum absolute atomic E-state index is 0.0931. The molecular formula is C28H32N2O. The van der Waals surface area contributed by atoms with Gasteiger partial charge < -0.3 is 10.2 Å². The predicted octanol–water partition coefficient (Wildman–Crippen LogP) is 6.19. The number of nitrogens with zero attached hydrogens (tertiary/aromatic N) is 1. The number of carbonyl (C=O) groups excluding carboxylic acids is 1. The van der Waals surface area contributed by atoms with E-state index < -0.39 is 0 Å². The van der Waals surface area contributed by atoms with Crippen molar-refractivity contribution in [3.05, 3.63) is 102 Å². The molecule has 0 spiro atoms. The molecule has 0 aliphatic heterocycles. The second-order valence-electron chi connectivity index (χ2n) is 8.61. The largest absolute Gasteiger partial charge is 0.352 e. The smallest absolute Gasteiger partial charge is 0.247 e. The summed E-state index contributed by atoms with van der Waals surface area (Å²) in [5.74, 6) is 0.0931. The summed E-state index contributed by atoms with van der Waals surface area (Å²) >= 11 is 0. The van der Waals surface area contributed by atoms with Crippen molar-refractivity contribution in [3.8, 4) is 0 Å². The van der Waals surface area contributed by atoms with Gasteiger partial charge in [-0.05, 0) is 43.0 Å². The van der Waals surface area contributed by atoms with Crippen LogP contribution >= 0.6 is 0 Å². The van der Waals surface area contributed by atoms with Crippen molar-refractivity contribution in [2.75, 3.05) is 4.90 Å². The van der Waals surface area contributed by atoms with Gasteiger partial charge in [0.2, 0.25) is 5.91 Å². The van der Waals surface area contributed by atoms with E-state index in [1.807, 2.05) is 24.3 Å². The number of amides is 1. The van der Waals surface area contributed by atoms with Gasteiger partial charge in [0.25, 0.3) is 0 Å². The van der Waals surface area contributed by atoms with Gasteiger partial charge in [-0.3, -0.25) is 4.79 Å². The highest BCUT2D eigenvalue weighted by Crippen LogP contribution is 2.30. The molecule has 0 heterocycles. The van der Waals surface area contributed by atoms with Gasteiger partial charge in [-0.15, -0.1) is 0 Å². The van der Waals surface area contributed by atoms with Crippen LogP contribution in [-0.2, 0) is 11.3 Å². The zero-order chi connectivity index (χ0) is 21.5. The van der Waals surface area contributed by atoms with Gasteiger partial charge >= 0.3 is 0 Å². The molecule has 1 saturated carbocycles. The van der Waals surface area contributed by atoms with Crippen molar-refractivity contribution in [1.82, 2.24) is 5.32 Å². The quantitative estimate of drug-likeness (QED) is 0.502. The van der Waals surface area contributed by atoms with E-state index in [4.69, 9.17) is 0 Å². The summed E-state index contributed by atoms with van der Waals surface area (Å²) in [6.45, 7) is 2.75. The Bertz CT molecular complexity index is 947. The van der Waals surface area contributed by atoms with E-state index in [0.717, 1.165) is 24.1 Å². The first-order valence-corrected chi connectivity index (χ1v) is 11.4. The highest BCUT2D eigenvalue weighted by molar-refractivity contribution is 5.87. The van der Waals surface area contributed by atoms with E-state index in [0.29, 0.717) is 6.54 Å². The standard InChI is InChI=1S/C28H32N2O/c1-22-17-19-24(20-18-22)27(28(31)29-25-13-7-3-8-14-25)30(26-15-9-4-10-16-26)21-23-11-5-2-6-12-23/h2,4-6,9-12,15-20,25,27H,3,7-8,13-14,21H2,1H3,(H,29,31)/t27-/m0/s1. The molecule has 3 aromatic carbocycles. The maximum Gasteiger partial charge on any atom is 0.247 e. The minimum Gasteiger partial charge on any atom is -0.352 e. The highest BCUT2D eigenvalue weighted by Gasteiger charge is 2.30. The van der Waals surface area contributed by atoms with Gasteiger partial charge in [-0.1, -0.05) is 97.6 Å². The summed E-state index contributed by atoms with van der Waals surface area (Å²) < 4.78 is 0. The highest BCUT2D eigenvalue weighted by atomic mass is 16.2. The van der Waals surface area contributed by atoms with Crippen LogP contribution in [0, 0.1) is 6.92 Å². The molecule has 0 aromatic heterocycles. The second-order valence-corrected chi connectivity index (χ2v) is 8.61. The summed E-state index contributed by atoms with van der Waals surface area (Å²) in [5, 5.41) is 3.39. The Hall–Kier alpha value is -3.07. The second kappa shape index (κ2) is 10.3. The van der Waals surface area contributed by atoms with Crippen LogP contribution in [0.1, 0.15) is 54.8 Å². The topological polar surface area (TPSA) is 32.3 Å². The van der Waals surface area contributed by atoms with Crippen molar-refractivity contribution in [2.24, 2.45) is 0 Å². The van der Waals surface area contributed by atoms with Crippen LogP contribution in [0.4, 0.5) is 5.69 Å². The Morgan fingerprint density at radius 2 is 1.48 bits per heavy atom. The maximum atomic E-state index is 13.7. The summed E-state index contributed by atoms with van der Waals surface area (Å²) in [5.41, 5.74) is 4.47. The van der Waals surface area contributed by atoms with Crippen molar-refractivity contribution >= 4 is 11.6 Å². The van der Waals surface area contributed by atoms with E-state index in [2.05, 4.69) is 77.8 Å². The van der Waals surface area contributed by atoms with Gasteiger partial charge in [-0.25, -0.2) is 0 Å². The third kappa shape index (κ3) is 5.55. The number of aryl methyl sites for hydroxylation is 1. The fourth-order valence-corrected chi connectivity index (χ4v) is 4.48.